The fraction of sp³-hybridized carbons (Fsp3) is 0.393. The van der Waals surface area contributed by atoms with E-state index in [1.807, 2.05) is 24.3 Å². The molecule has 0 unspecified atom stereocenters. The maximum atomic E-state index is 12.8. The van der Waals surface area contributed by atoms with Crippen LogP contribution in [0.25, 0.3) is 0 Å². The van der Waals surface area contributed by atoms with Crippen molar-refractivity contribution in [1.29, 1.82) is 0 Å². The standard InChI is InChI=1S/C28H33F3N6O3/c1-27(2)16-32-12-3-13-39-22-10-4-19(5-11-22)15-33-26-36-23(14-24(37-26)40-18-28(29,30)31)35-21-8-6-20(7-9-21)25(38)34-17-27/h4-11,14,32H,3,12-13,15-18H2,1-2H3,(H,34,38)(H2,33,35,36,37). The molecule has 4 aliphatic rings. The lowest BCUT2D eigenvalue weighted by molar-refractivity contribution is -0.154. The third-order valence-electron chi connectivity index (χ3n) is 5.98. The highest BCUT2D eigenvalue weighted by Gasteiger charge is 2.29. The summed E-state index contributed by atoms with van der Waals surface area (Å²) in [7, 11) is 0. The maximum absolute atomic E-state index is 12.8. The molecule has 0 radical (unpaired) electrons. The fourth-order valence-electron chi connectivity index (χ4n) is 3.83. The molecule has 12 heteroatoms. The third-order valence-corrected chi connectivity index (χ3v) is 5.98. The number of rotatable bonds is 2. The number of hydrogen-bond acceptors (Lipinski definition) is 8. The first-order chi connectivity index (χ1) is 19.0. The zero-order valence-electron chi connectivity index (χ0n) is 22.4. The summed E-state index contributed by atoms with van der Waals surface area (Å²) in [5.74, 6) is 0.597. The Hall–Kier alpha value is -4.06. The average molecular weight is 559 g/mol. The van der Waals surface area contributed by atoms with Gasteiger partial charge in [0.2, 0.25) is 11.8 Å². The van der Waals surface area contributed by atoms with Gasteiger partial charge in [-0.3, -0.25) is 4.79 Å². The molecular formula is C28H33F3N6O3. The lowest BCUT2D eigenvalue weighted by atomic mass is 9.93. The highest BCUT2D eigenvalue weighted by atomic mass is 19.4. The summed E-state index contributed by atoms with van der Waals surface area (Å²) in [6.45, 7) is 5.53. The summed E-state index contributed by atoms with van der Waals surface area (Å²) in [4.78, 5) is 21.1. The van der Waals surface area contributed by atoms with Crippen molar-refractivity contribution in [3.8, 4) is 11.6 Å². The zero-order chi connectivity index (χ0) is 28.6. The van der Waals surface area contributed by atoms with Crippen LogP contribution < -0.4 is 30.7 Å². The molecule has 214 valence electrons. The molecule has 6 bridgehead atoms. The van der Waals surface area contributed by atoms with E-state index >= 15 is 0 Å². The van der Waals surface area contributed by atoms with Crippen molar-refractivity contribution >= 4 is 23.4 Å². The van der Waals surface area contributed by atoms with Crippen LogP contribution in [-0.2, 0) is 6.54 Å². The summed E-state index contributed by atoms with van der Waals surface area (Å²) in [5, 5.41) is 12.5. The molecule has 0 aliphatic carbocycles. The van der Waals surface area contributed by atoms with Gasteiger partial charge < -0.3 is 30.7 Å². The van der Waals surface area contributed by atoms with Gasteiger partial charge in [0, 0.05) is 37.0 Å². The van der Waals surface area contributed by atoms with Crippen LogP contribution in [0.4, 0.5) is 30.6 Å². The highest BCUT2D eigenvalue weighted by molar-refractivity contribution is 5.94. The number of anilines is 3. The molecule has 4 N–H and O–H groups in total. The van der Waals surface area contributed by atoms with Gasteiger partial charge in [-0.05, 0) is 60.3 Å². The van der Waals surface area contributed by atoms with Gasteiger partial charge >= 0.3 is 6.18 Å². The Morgan fingerprint density at radius 2 is 1.75 bits per heavy atom. The molecule has 9 nitrogen and oxygen atoms in total. The molecule has 0 atom stereocenters. The van der Waals surface area contributed by atoms with E-state index in [1.165, 1.54) is 6.07 Å². The predicted octanol–water partition coefficient (Wildman–Crippen LogP) is 4.90. The minimum Gasteiger partial charge on any atom is -0.494 e. The minimum atomic E-state index is -4.52. The van der Waals surface area contributed by atoms with Gasteiger partial charge in [0.05, 0.1) is 6.61 Å². The van der Waals surface area contributed by atoms with Crippen LogP contribution in [0.15, 0.2) is 54.6 Å². The molecule has 2 aromatic carbocycles. The number of carbonyl (C=O) groups is 1. The maximum Gasteiger partial charge on any atom is 0.422 e. The van der Waals surface area contributed by atoms with Crippen molar-refractivity contribution in [2.75, 3.05) is 43.5 Å². The number of hydrogen-bond donors (Lipinski definition) is 4. The molecular weight excluding hydrogens is 525 g/mol. The lowest BCUT2D eigenvalue weighted by Gasteiger charge is -2.25. The Labute approximate surface area is 230 Å². The highest BCUT2D eigenvalue weighted by Crippen LogP contribution is 2.24. The number of halogens is 3. The zero-order valence-corrected chi connectivity index (χ0v) is 22.4. The van der Waals surface area contributed by atoms with E-state index in [4.69, 9.17) is 9.47 Å². The molecule has 5 heterocycles. The topological polar surface area (TPSA) is 109 Å². The largest absolute Gasteiger partial charge is 0.494 e. The number of benzene rings is 2. The van der Waals surface area contributed by atoms with Crippen molar-refractivity contribution in [3.63, 3.8) is 0 Å². The van der Waals surface area contributed by atoms with Gasteiger partial charge in [0.25, 0.3) is 5.91 Å². The molecule has 0 saturated carbocycles. The molecule has 40 heavy (non-hydrogen) atoms. The number of ether oxygens (including phenoxy) is 2. The second-order valence-electron chi connectivity index (χ2n) is 10.2. The molecule has 1 amide bonds. The average Bonchev–Trinajstić information content (AvgIpc) is 2.91. The van der Waals surface area contributed by atoms with Gasteiger partial charge in [0.1, 0.15) is 11.6 Å². The quantitative estimate of drug-likeness (QED) is 0.352. The Morgan fingerprint density at radius 3 is 2.48 bits per heavy atom. The van der Waals surface area contributed by atoms with Crippen LogP contribution in [0.1, 0.15) is 36.2 Å². The molecule has 1 aromatic heterocycles. The summed E-state index contributed by atoms with van der Waals surface area (Å²) < 4.78 is 49.0. The van der Waals surface area contributed by atoms with Gasteiger partial charge in [-0.1, -0.05) is 26.0 Å². The Bertz CT molecular complexity index is 1270. The van der Waals surface area contributed by atoms with E-state index in [1.54, 1.807) is 24.3 Å². The summed E-state index contributed by atoms with van der Waals surface area (Å²) in [6.07, 6.45) is -3.70. The van der Waals surface area contributed by atoms with Crippen LogP contribution in [0, 0.1) is 5.41 Å². The number of aromatic nitrogens is 2. The van der Waals surface area contributed by atoms with Crippen molar-refractivity contribution in [1.82, 2.24) is 20.6 Å². The molecule has 0 saturated heterocycles. The lowest BCUT2D eigenvalue weighted by Crippen LogP contribution is -2.40. The van der Waals surface area contributed by atoms with Crippen LogP contribution in [-0.4, -0.2) is 54.9 Å². The first-order valence-electron chi connectivity index (χ1n) is 12.9. The van der Waals surface area contributed by atoms with Crippen molar-refractivity contribution < 1.29 is 27.4 Å². The van der Waals surface area contributed by atoms with E-state index in [0.29, 0.717) is 30.9 Å². The number of alkyl halides is 3. The molecule has 4 aliphatic heterocycles. The van der Waals surface area contributed by atoms with Crippen molar-refractivity contribution in [2.24, 2.45) is 5.41 Å². The van der Waals surface area contributed by atoms with Crippen molar-refractivity contribution in [2.45, 2.75) is 33.0 Å². The molecule has 0 spiro atoms. The van der Waals surface area contributed by atoms with E-state index in [2.05, 4.69) is 45.1 Å². The minimum absolute atomic E-state index is 0.0862. The smallest absolute Gasteiger partial charge is 0.422 e. The van der Waals surface area contributed by atoms with Gasteiger partial charge in [-0.15, -0.1) is 0 Å². The van der Waals surface area contributed by atoms with Gasteiger partial charge in [-0.2, -0.15) is 23.1 Å². The normalized spacial score (nSPS) is 16.6. The monoisotopic (exact) mass is 558 g/mol. The Morgan fingerprint density at radius 1 is 1.00 bits per heavy atom. The Kier molecular flexibility index (Phi) is 9.30. The van der Waals surface area contributed by atoms with E-state index in [-0.39, 0.29) is 29.0 Å². The van der Waals surface area contributed by atoms with E-state index < -0.39 is 12.8 Å². The number of carbonyl (C=O) groups excluding carboxylic acids is 1. The van der Waals surface area contributed by atoms with Crippen molar-refractivity contribution in [3.05, 3.63) is 65.7 Å². The van der Waals surface area contributed by atoms with Crippen LogP contribution in [0.3, 0.4) is 0 Å². The second-order valence-corrected chi connectivity index (χ2v) is 10.2. The van der Waals surface area contributed by atoms with Gasteiger partial charge in [-0.25, -0.2) is 0 Å². The van der Waals surface area contributed by atoms with Crippen LogP contribution in [0.2, 0.25) is 0 Å². The summed E-state index contributed by atoms with van der Waals surface area (Å²) in [6, 6.07) is 15.5. The van der Waals surface area contributed by atoms with E-state index in [9.17, 15) is 18.0 Å². The number of nitrogens with zero attached hydrogens (tertiary/aromatic N) is 2. The Balaban J connectivity index is 1.56. The van der Waals surface area contributed by atoms with Crippen LogP contribution >= 0.6 is 0 Å². The second kappa shape index (κ2) is 12.9. The van der Waals surface area contributed by atoms with Gasteiger partial charge in [0.15, 0.2) is 6.61 Å². The first kappa shape index (κ1) is 28.9. The SMILES string of the molecule is CC1(C)CNCCCOc2ccc(cc2)CNc2nc(cc(OCC(F)(F)F)n2)Nc2ccc(cc2)C(=O)NC1. The molecule has 3 aromatic rings. The summed E-state index contributed by atoms with van der Waals surface area (Å²) >= 11 is 0. The predicted molar refractivity (Wildman–Crippen MR) is 146 cm³/mol. The van der Waals surface area contributed by atoms with E-state index in [0.717, 1.165) is 30.8 Å². The third kappa shape index (κ3) is 9.30. The number of nitrogens with one attached hydrogen (secondary N) is 4. The molecule has 7 rings (SSSR count). The number of amides is 1. The summed E-state index contributed by atoms with van der Waals surface area (Å²) in [5.41, 5.74) is 1.80. The molecule has 0 fully saturated rings. The first-order valence-corrected chi connectivity index (χ1v) is 12.9. The fourth-order valence-corrected chi connectivity index (χ4v) is 3.83. The van der Waals surface area contributed by atoms with Crippen LogP contribution in [0.5, 0.6) is 11.6 Å².